The first kappa shape index (κ1) is 16.0. The molecule has 0 aliphatic carbocycles. The highest BCUT2D eigenvalue weighted by Crippen LogP contribution is 2.17. The summed E-state index contributed by atoms with van der Waals surface area (Å²) in [5, 5.41) is 6.68. The molecular weight excluding hydrogens is 296 g/mol. The van der Waals surface area contributed by atoms with Gasteiger partial charge in [0.05, 0.1) is 6.04 Å². The van der Waals surface area contributed by atoms with Crippen molar-refractivity contribution in [1.82, 2.24) is 9.97 Å². The van der Waals surface area contributed by atoms with Gasteiger partial charge in [0.2, 0.25) is 5.95 Å². The molecule has 0 bridgehead atoms. The van der Waals surface area contributed by atoms with E-state index < -0.39 is 0 Å². The minimum atomic E-state index is 0.151. The first-order valence-electron chi connectivity index (χ1n) is 8.14. The monoisotopic (exact) mass is 318 g/mol. The number of hydrogen-bond donors (Lipinski definition) is 2. The number of nitrogens with zero attached hydrogens (tertiary/aromatic N) is 2. The molecule has 0 amide bonds. The fourth-order valence-electron chi connectivity index (χ4n) is 2.44. The Morgan fingerprint density at radius 1 is 0.958 bits per heavy atom. The van der Waals surface area contributed by atoms with E-state index in [1.807, 2.05) is 24.3 Å². The maximum atomic E-state index is 4.54. The summed E-state index contributed by atoms with van der Waals surface area (Å²) >= 11 is 0. The van der Waals surface area contributed by atoms with E-state index in [0.717, 1.165) is 12.4 Å². The largest absolute Gasteiger partial charge is 0.366 e. The van der Waals surface area contributed by atoms with Crippen LogP contribution in [0.3, 0.4) is 0 Å². The standard InChI is InChI=1S/C20H22N4/c1-15-8-10-17(11-9-15)14-22-19-12-13-21-20(24-19)23-16(2)18-6-4-3-5-7-18/h3-13,16H,14H2,1-2H3,(H2,21,22,23,24). The zero-order valence-electron chi connectivity index (χ0n) is 14.0. The van der Waals surface area contributed by atoms with E-state index in [4.69, 9.17) is 0 Å². The number of aryl methyl sites for hydroxylation is 1. The lowest BCUT2D eigenvalue weighted by Gasteiger charge is -2.15. The van der Waals surface area contributed by atoms with Crippen LogP contribution in [0.5, 0.6) is 0 Å². The molecule has 0 aliphatic heterocycles. The van der Waals surface area contributed by atoms with Crippen molar-refractivity contribution >= 4 is 11.8 Å². The Morgan fingerprint density at radius 3 is 2.46 bits per heavy atom. The van der Waals surface area contributed by atoms with Crippen LogP contribution in [0.15, 0.2) is 66.9 Å². The van der Waals surface area contributed by atoms with Crippen molar-refractivity contribution in [2.24, 2.45) is 0 Å². The van der Waals surface area contributed by atoms with E-state index in [9.17, 15) is 0 Å². The van der Waals surface area contributed by atoms with Crippen LogP contribution < -0.4 is 10.6 Å². The van der Waals surface area contributed by atoms with Gasteiger partial charge in [-0.1, -0.05) is 60.2 Å². The summed E-state index contributed by atoms with van der Waals surface area (Å²) in [6, 6.07) is 20.8. The number of anilines is 2. The topological polar surface area (TPSA) is 49.8 Å². The molecule has 0 spiro atoms. The Morgan fingerprint density at radius 2 is 1.71 bits per heavy atom. The summed E-state index contributed by atoms with van der Waals surface area (Å²) in [5.41, 5.74) is 3.70. The molecule has 1 unspecified atom stereocenters. The van der Waals surface area contributed by atoms with Crippen LogP contribution in [0.2, 0.25) is 0 Å². The number of hydrogen-bond acceptors (Lipinski definition) is 4. The SMILES string of the molecule is Cc1ccc(CNc2ccnc(NC(C)c3ccccc3)n2)cc1. The molecule has 2 N–H and O–H groups in total. The average Bonchev–Trinajstić information content (AvgIpc) is 2.62. The van der Waals surface area contributed by atoms with Crippen molar-refractivity contribution in [3.8, 4) is 0 Å². The van der Waals surface area contributed by atoms with Crippen LogP contribution in [0, 0.1) is 6.92 Å². The van der Waals surface area contributed by atoms with Gasteiger partial charge in [0.15, 0.2) is 0 Å². The van der Waals surface area contributed by atoms with Gasteiger partial charge in [0.1, 0.15) is 5.82 Å². The molecule has 0 saturated heterocycles. The molecule has 3 aromatic rings. The van der Waals surface area contributed by atoms with E-state index in [-0.39, 0.29) is 6.04 Å². The van der Waals surface area contributed by atoms with Crippen molar-refractivity contribution in [3.05, 3.63) is 83.6 Å². The Balaban J connectivity index is 1.62. The highest BCUT2D eigenvalue weighted by molar-refractivity contribution is 5.41. The van der Waals surface area contributed by atoms with E-state index in [2.05, 4.69) is 70.8 Å². The zero-order valence-corrected chi connectivity index (χ0v) is 14.0. The molecule has 0 saturated carbocycles. The highest BCUT2D eigenvalue weighted by atomic mass is 15.1. The Hall–Kier alpha value is -2.88. The molecule has 1 aromatic heterocycles. The lowest BCUT2D eigenvalue weighted by molar-refractivity contribution is 0.860. The minimum Gasteiger partial charge on any atom is -0.366 e. The van der Waals surface area contributed by atoms with Gasteiger partial charge in [0, 0.05) is 12.7 Å². The molecule has 4 heteroatoms. The minimum absolute atomic E-state index is 0.151. The Kier molecular flexibility index (Phi) is 5.06. The van der Waals surface area contributed by atoms with Gasteiger partial charge in [-0.3, -0.25) is 0 Å². The maximum Gasteiger partial charge on any atom is 0.225 e. The quantitative estimate of drug-likeness (QED) is 0.699. The molecule has 1 heterocycles. The number of aromatic nitrogens is 2. The first-order valence-corrected chi connectivity index (χ1v) is 8.14. The van der Waals surface area contributed by atoms with Gasteiger partial charge in [-0.2, -0.15) is 4.98 Å². The molecule has 0 radical (unpaired) electrons. The molecule has 0 fully saturated rings. The van der Waals surface area contributed by atoms with E-state index >= 15 is 0 Å². The van der Waals surface area contributed by atoms with E-state index in [1.54, 1.807) is 6.20 Å². The molecule has 1 atom stereocenters. The van der Waals surface area contributed by atoms with Crippen molar-refractivity contribution in [3.63, 3.8) is 0 Å². The third-order valence-electron chi connectivity index (χ3n) is 3.89. The second-order valence-electron chi connectivity index (χ2n) is 5.88. The van der Waals surface area contributed by atoms with Gasteiger partial charge < -0.3 is 10.6 Å². The highest BCUT2D eigenvalue weighted by Gasteiger charge is 2.07. The fraction of sp³-hybridized carbons (Fsp3) is 0.200. The molecule has 4 nitrogen and oxygen atoms in total. The molecule has 122 valence electrons. The third-order valence-corrected chi connectivity index (χ3v) is 3.89. The van der Waals surface area contributed by atoms with Crippen LogP contribution in [0.1, 0.15) is 29.7 Å². The fourth-order valence-corrected chi connectivity index (χ4v) is 2.44. The van der Waals surface area contributed by atoms with Crippen molar-refractivity contribution in [1.29, 1.82) is 0 Å². The van der Waals surface area contributed by atoms with Crippen LogP contribution in [-0.4, -0.2) is 9.97 Å². The molecule has 2 aromatic carbocycles. The lowest BCUT2D eigenvalue weighted by atomic mass is 10.1. The van der Waals surface area contributed by atoms with Gasteiger partial charge >= 0.3 is 0 Å². The number of rotatable bonds is 6. The van der Waals surface area contributed by atoms with Gasteiger partial charge in [-0.05, 0) is 31.0 Å². The Labute approximate surface area is 143 Å². The lowest BCUT2D eigenvalue weighted by Crippen LogP contribution is -2.10. The van der Waals surface area contributed by atoms with Crippen LogP contribution >= 0.6 is 0 Å². The number of nitrogens with one attached hydrogen (secondary N) is 2. The van der Waals surface area contributed by atoms with Crippen molar-refractivity contribution in [2.75, 3.05) is 10.6 Å². The summed E-state index contributed by atoms with van der Waals surface area (Å²) in [6.07, 6.45) is 1.77. The van der Waals surface area contributed by atoms with Crippen LogP contribution in [-0.2, 0) is 6.54 Å². The zero-order chi connectivity index (χ0) is 16.8. The van der Waals surface area contributed by atoms with Gasteiger partial charge in [-0.25, -0.2) is 4.98 Å². The van der Waals surface area contributed by atoms with Crippen molar-refractivity contribution < 1.29 is 0 Å². The van der Waals surface area contributed by atoms with E-state index in [0.29, 0.717) is 5.95 Å². The van der Waals surface area contributed by atoms with Crippen LogP contribution in [0.25, 0.3) is 0 Å². The molecule has 0 aliphatic rings. The maximum absolute atomic E-state index is 4.54. The summed E-state index contributed by atoms with van der Waals surface area (Å²) in [6.45, 7) is 4.93. The van der Waals surface area contributed by atoms with Crippen molar-refractivity contribution in [2.45, 2.75) is 26.4 Å². The predicted octanol–water partition coefficient (Wildman–Crippen LogP) is 4.57. The summed E-state index contributed by atoms with van der Waals surface area (Å²) in [5.74, 6) is 1.44. The average molecular weight is 318 g/mol. The first-order chi connectivity index (χ1) is 11.7. The second-order valence-corrected chi connectivity index (χ2v) is 5.88. The molecule has 24 heavy (non-hydrogen) atoms. The predicted molar refractivity (Wildman–Crippen MR) is 99.0 cm³/mol. The summed E-state index contributed by atoms with van der Waals surface area (Å²) < 4.78 is 0. The second kappa shape index (κ2) is 7.59. The van der Waals surface area contributed by atoms with Gasteiger partial charge in [-0.15, -0.1) is 0 Å². The number of benzene rings is 2. The normalized spacial score (nSPS) is 11.8. The molecular formula is C20H22N4. The smallest absolute Gasteiger partial charge is 0.225 e. The third kappa shape index (κ3) is 4.32. The van der Waals surface area contributed by atoms with Crippen LogP contribution in [0.4, 0.5) is 11.8 Å². The summed E-state index contributed by atoms with van der Waals surface area (Å²) in [4.78, 5) is 8.85. The Bertz CT molecular complexity index is 769. The summed E-state index contributed by atoms with van der Waals surface area (Å²) in [7, 11) is 0. The van der Waals surface area contributed by atoms with Gasteiger partial charge in [0.25, 0.3) is 0 Å². The van der Waals surface area contributed by atoms with E-state index in [1.165, 1.54) is 16.7 Å². The molecule has 3 rings (SSSR count).